The van der Waals surface area contributed by atoms with Gasteiger partial charge in [0.2, 0.25) is 0 Å². The zero-order valence-corrected chi connectivity index (χ0v) is 15.4. The second-order valence-electron chi connectivity index (χ2n) is 6.35. The lowest BCUT2D eigenvalue weighted by atomic mass is 10.0. The molecule has 8 nitrogen and oxygen atoms in total. The Kier molecular flexibility index (Phi) is 8.27. The average molecular weight is 363 g/mol. The summed E-state index contributed by atoms with van der Waals surface area (Å²) in [5, 5.41) is 7.12. The second kappa shape index (κ2) is 10.2. The van der Waals surface area contributed by atoms with Gasteiger partial charge in [-0.15, -0.1) is 0 Å². The number of hydrogen-bond donors (Lipinski definition) is 3. The van der Waals surface area contributed by atoms with Crippen molar-refractivity contribution in [2.24, 2.45) is 5.92 Å². The van der Waals surface area contributed by atoms with Crippen LogP contribution in [0.15, 0.2) is 30.3 Å². The van der Waals surface area contributed by atoms with Crippen molar-refractivity contribution in [3.63, 3.8) is 0 Å². The third kappa shape index (κ3) is 7.33. The first-order valence-corrected chi connectivity index (χ1v) is 8.33. The molecule has 0 aliphatic carbocycles. The molecule has 0 radical (unpaired) electrons. The second-order valence-corrected chi connectivity index (χ2v) is 6.35. The van der Waals surface area contributed by atoms with Gasteiger partial charge in [0.05, 0.1) is 0 Å². The van der Waals surface area contributed by atoms with Gasteiger partial charge in [0.1, 0.15) is 6.04 Å². The Hall–Kier alpha value is -2.90. The topological polar surface area (TPSA) is 114 Å². The highest BCUT2D eigenvalue weighted by atomic mass is 16.5. The summed E-state index contributed by atoms with van der Waals surface area (Å²) < 4.78 is 4.92. The molecule has 0 saturated heterocycles. The number of rotatable bonds is 7. The zero-order chi connectivity index (χ0) is 19.7. The maximum atomic E-state index is 12.2. The van der Waals surface area contributed by atoms with Crippen LogP contribution in [0.5, 0.6) is 0 Å². The molecule has 26 heavy (non-hydrogen) atoms. The van der Waals surface area contributed by atoms with Crippen LogP contribution in [-0.2, 0) is 14.3 Å². The Balaban J connectivity index is 2.56. The molecule has 0 aromatic heterocycles. The maximum absolute atomic E-state index is 12.2. The van der Waals surface area contributed by atoms with Crippen LogP contribution >= 0.6 is 0 Å². The molecule has 8 heteroatoms. The van der Waals surface area contributed by atoms with Crippen molar-refractivity contribution >= 4 is 23.8 Å². The molecule has 0 saturated carbocycles. The number of imide groups is 1. The Morgan fingerprint density at radius 1 is 0.962 bits per heavy atom. The number of nitrogens with one attached hydrogen (secondary N) is 3. The number of amides is 4. The van der Waals surface area contributed by atoms with Gasteiger partial charge in [0, 0.05) is 11.6 Å². The quantitative estimate of drug-likeness (QED) is 0.630. The average Bonchev–Trinajstić information content (AvgIpc) is 2.57. The van der Waals surface area contributed by atoms with Crippen LogP contribution in [0, 0.1) is 5.92 Å². The number of carbonyl (C=O) groups is 4. The first-order valence-electron chi connectivity index (χ1n) is 8.33. The smallest absolute Gasteiger partial charge is 0.329 e. The fraction of sp³-hybridized carbons (Fsp3) is 0.444. The normalized spacial score (nSPS) is 11.6. The van der Waals surface area contributed by atoms with Crippen molar-refractivity contribution in [1.82, 2.24) is 16.0 Å². The Morgan fingerprint density at radius 3 is 2.12 bits per heavy atom. The first-order chi connectivity index (χ1) is 12.2. The lowest BCUT2D eigenvalue weighted by Gasteiger charge is -2.20. The fourth-order valence-corrected chi connectivity index (χ4v) is 2.00. The van der Waals surface area contributed by atoms with Crippen LogP contribution in [-0.4, -0.2) is 42.5 Å². The van der Waals surface area contributed by atoms with Gasteiger partial charge in [-0.3, -0.25) is 14.9 Å². The molecule has 3 N–H and O–H groups in total. The molecule has 0 fully saturated rings. The summed E-state index contributed by atoms with van der Waals surface area (Å²) in [5.41, 5.74) is 0.411. The van der Waals surface area contributed by atoms with Crippen molar-refractivity contribution in [3.05, 3.63) is 35.9 Å². The van der Waals surface area contributed by atoms with Gasteiger partial charge in [0.25, 0.3) is 11.8 Å². The molecule has 0 unspecified atom stereocenters. The van der Waals surface area contributed by atoms with E-state index >= 15 is 0 Å². The van der Waals surface area contributed by atoms with E-state index in [1.165, 1.54) is 0 Å². The van der Waals surface area contributed by atoms with Gasteiger partial charge in [0.15, 0.2) is 6.61 Å². The van der Waals surface area contributed by atoms with Crippen LogP contribution < -0.4 is 16.0 Å². The molecule has 0 aliphatic heterocycles. The Morgan fingerprint density at radius 2 is 1.58 bits per heavy atom. The van der Waals surface area contributed by atoms with Crippen LogP contribution in [0.25, 0.3) is 0 Å². The van der Waals surface area contributed by atoms with Gasteiger partial charge in [-0.2, -0.15) is 0 Å². The summed E-state index contributed by atoms with van der Waals surface area (Å²) in [4.78, 5) is 47.5. The van der Waals surface area contributed by atoms with E-state index in [0.29, 0.717) is 5.56 Å². The van der Waals surface area contributed by atoms with Crippen molar-refractivity contribution in [1.29, 1.82) is 0 Å². The lowest BCUT2D eigenvalue weighted by Crippen LogP contribution is -2.47. The van der Waals surface area contributed by atoms with Crippen LogP contribution in [0.1, 0.15) is 38.1 Å². The van der Waals surface area contributed by atoms with E-state index in [4.69, 9.17) is 4.74 Å². The molecular formula is C18H25N3O5. The third-order valence-electron chi connectivity index (χ3n) is 3.26. The molecule has 1 atom stereocenters. The standard InChI is InChI=1S/C18H25N3O5/c1-11(2)15(21-16(23)13-8-6-5-7-9-13)17(24)26-10-14(22)20-18(25)19-12(3)4/h5-9,11-12,15H,10H2,1-4H3,(H,21,23)(H2,19,20,22,25)/t15-/m1/s1. The number of urea groups is 1. The van der Waals surface area contributed by atoms with E-state index in [1.54, 1.807) is 58.0 Å². The molecule has 0 bridgehead atoms. The molecular weight excluding hydrogens is 338 g/mol. The van der Waals surface area contributed by atoms with Crippen molar-refractivity contribution in [2.75, 3.05) is 6.61 Å². The molecule has 142 valence electrons. The summed E-state index contributed by atoms with van der Waals surface area (Å²) in [6.45, 7) is 6.36. The fourth-order valence-electron chi connectivity index (χ4n) is 2.00. The number of hydrogen-bond acceptors (Lipinski definition) is 5. The minimum absolute atomic E-state index is 0.135. The molecule has 0 spiro atoms. The molecule has 1 rings (SSSR count). The summed E-state index contributed by atoms with van der Waals surface area (Å²) in [6.07, 6.45) is 0. The van der Waals surface area contributed by atoms with E-state index in [1.807, 2.05) is 5.32 Å². The third-order valence-corrected chi connectivity index (χ3v) is 3.26. The van der Waals surface area contributed by atoms with Crippen molar-refractivity contribution in [3.8, 4) is 0 Å². The van der Waals surface area contributed by atoms with E-state index < -0.39 is 36.5 Å². The molecule has 0 heterocycles. The summed E-state index contributed by atoms with van der Waals surface area (Å²) >= 11 is 0. The minimum atomic E-state index is -0.917. The number of ether oxygens (including phenoxy) is 1. The SMILES string of the molecule is CC(C)NC(=O)NC(=O)COC(=O)[C@H](NC(=O)c1ccccc1)C(C)C. The maximum Gasteiger partial charge on any atom is 0.329 e. The lowest BCUT2D eigenvalue weighted by molar-refractivity contribution is -0.151. The van der Waals surface area contributed by atoms with E-state index in [9.17, 15) is 19.2 Å². The summed E-state index contributed by atoms with van der Waals surface area (Å²) in [6, 6.07) is 6.73. The molecule has 0 aliphatic rings. The predicted molar refractivity (Wildman–Crippen MR) is 95.3 cm³/mol. The largest absolute Gasteiger partial charge is 0.454 e. The van der Waals surface area contributed by atoms with Crippen LogP contribution in [0.2, 0.25) is 0 Å². The van der Waals surface area contributed by atoms with Gasteiger partial charge < -0.3 is 15.4 Å². The molecule has 1 aromatic rings. The van der Waals surface area contributed by atoms with Gasteiger partial charge in [-0.1, -0.05) is 32.0 Å². The highest BCUT2D eigenvalue weighted by molar-refractivity contribution is 5.98. The Bertz CT molecular complexity index is 643. The summed E-state index contributed by atoms with van der Waals surface area (Å²) in [5.74, 6) is -2.17. The molecule has 4 amide bonds. The number of esters is 1. The highest BCUT2D eigenvalue weighted by Gasteiger charge is 2.27. The zero-order valence-electron chi connectivity index (χ0n) is 15.4. The summed E-state index contributed by atoms with van der Waals surface area (Å²) in [7, 11) is 0. The van der Waals surface area contributed by atoms with E-state index in [2.05, 4.69) is 10.6 Å². The molecule has 1 aromatic carbocycles. The van der Waals surface area contributed by atoms with Gasteiger partial charge in [-0.25, -0.2) is 9.59 Å². The monoisotopic (exact) mass is 363 g/mol. The van der Waals surface area contributed by atoms with Crippen LogP contribution in [0.3, 0.4) is 0 Å². The van der Waals surface area contributed by atoms with Gasteiger partial charge >= 0.3 is 12.0 Å². The van der Waals surface area contributed by atoms with Crippen molar-refractivity contribution in [2.45, 2.75) is 39.8 Å². The Labute approximate surface area is 152 Å². The van der Waals surface area contributed by atoms with E-state index in [-0.39, 0.29) is 12.0 Å². The highest BCUT2D eigenvalue weighted by Crippen LogP contribution is 2.07. The van der Waals surface area contributed by atoms with Crippen LogP contribution in [0.4, 0.5) is 4.79 Å². The number of carbonyl (C=O) groups excluding carboxylic acids is 4. The predicted octanol–water partition coefficient (Wildman–Crippen LogP) is 1.22. The first kappa shape index (κ1) is 21.1. The van der Waals surface area contributed by atoms with Gasteiger partial charge in [-0.05, 0) is 31.9 Å². The number of benzene rings is 1. The minimum Gasteiger partial charge on any atom is -0.454 e. The van der Waals surface area contributed by atoms with E-state index in [0.717, 1.165) is 0 Å². The van der Waals surface area contributed by atoms with Crippen molar-refractivity contribution < 1.29 is 23.9 Å².